The summed E-state index contributed by atoms with van der Waals surface area (Å²) in [5.41, 5.74) is 8.98. The molecule has 3 atom stereocenters. The predicted molar refractivity (Wildman–Crippen MR) is 82.1 cm³/mol. The van der Waals surface area contributed by atoms with Gasteiger partial charge < -0.3 is 10.6 Å². The van der Waals surface area contributed by atoms with Crippen LogP contribution in [0.3, 0.4) is 0 Å². The van der Waals surface area contributed by atoms with Gasteiger partial charge in [-0.1, -0.05) is 38.1 Å². The smallest absolute Gasteiger partial charge is 0.0309 e. The Morgan fingerprint density at radius 3 is 2.47 bits per heavy atom. The molecule has 1 fully saturated rings. The predicted octanol–water partition coefficient (Wildman–Crippen LogP) is 3.36. The first-order valence-corrected chi connectivity index (χ1v) is 7.59. The summed E-state index contributed by atoms with van der Waals surface area (Å²) in [5.74, 6) is 1.66. The molecule has 0 amide bonds. The quantitative estimate of drug-likeness (QED) is 0.899. The third kappa shape index (κ3) is 4.05. The van der Waals surface area contributed by atoms with Gasteiger partial charge in [-0.25, -0.2) is 0 Å². The lowest BCUT2D eigenvalue weighted by molar-refractivity contribution is 0.137. The van der Waals surface area contributed by atoms with Crippen molar-refractivity contribution in [1.82, 2.24) is 4.90 Å². The number of piperidine rings is 1. The summed E-state index contributed by atoms with van der Waals surface area (Å²) in [6.07, 6.45) is 2.44. The molecule has 3 unspecified atom stereocenters. The van der Waals surface area contributed by atoms with Crippen LogP contribution >= 0.6 is 0 Å². The van der Waals surface area contributed by atoms with E-state index in [2.05, 4.69) is 49.9 Å². The van der Waals surface area contributed by atoms with E-state index in [-0.39, 0.29) is 6.04 Å². The van der Waals surface area contributed by atoms with Crippen LogP contribution in [0.5, 0.6) is 0 Å². The summed E-state index contributed by atoms with van der Waals surface area (Å²) in [5, 5.41) is 0. The number of aryl methyl sites for hydroxylation is 1. The first kappa shape index (κ1) is 14.5. The number of likely N-dealkylation sites (tertiary alicyclic amines) is 1. The molecule has 0 radical (unpaired) electrons. The molecule has 2 heteroatoms. The Morgan fingerprint density at radius 2 is 1.84 bits per heavy atom. The normalized spacial score (nSPS) is 26.3. The molecule has 0 aromatic heterocycles. The largest absolute Gasteiger partial charge is 0.324 e. The van der Waals surface area contributed by atoms with E-state index in [9.17, 15) is 0 Å². The van der Waals surface area contributed by atoms with Crippen molar-refractivity contribution in [3.8, 4) is 0 Å². The van der Waals surface area contributed by atoms with Crippen molar-refractivity contribution in [2.24, 2.45) is 17.6 Å². The number of rotatable bonds is 4. The molecule has 0 aliphatic carbocycles. The second-order valence-corrected chi connectivity index (χ2v) is 6.46. The van der Waals surface area contributed by atoms with E-state index in [0.717, 1.165) is 24.8 Å². The molecule has 1 saturated heterocycles. The standard InChI is InChI=1S/C17H28N2/c1-13-10-14(2)12-19(11-13)9-8-17(18)16-7-5-4-6-15(16)3/h4-7,13-14,17H,8-12,18H2,1-3H3. The molecule has 1 heterocycles. The number of nitrogens with zero attached hydrogens (tertiary/aromatic N) is 1. The molecule has 2 rings (SSSR count). The average Bonchev–Trinajstić information content (AvgIpc) is 2.35. The van der Waals surface area contributed by atoms with Gasteiger partial charge in [0.05, 0.1) is 0 Å². The van der Waals surface area contributed by atoms with E-state index in [1.165, 1.54) is 30.6 Å². The van der Waals surface area contributed by atoms with E-state index in [1.54, 1.807) is 0 Å². The van der Waals surface area contributed by atoms with E-state index in [0.29, 0.717) is 0 Å². The lowest BCUT2D eigenvalue weighted by Gasteiger charge is -2.35. The zero-order valence-corrected chi connectivity index (χ0v) is 12.6. The van der Waals surface area contributed by atoms with Crippen molar-refractivity contribution in [3.63, 3.8) is 0 Å². The van der Waals surface area contributed by atoms with Gasteiger partial charge in [0, 0.05) is 19.1 Å². The summed E-state index contributed by atoms with van der Waals surface area (Å²) in [6.45, 7) is 10.5. The molecule has 19 heavy (non-hydrogen) atoms. The monoisotopic (exact) mass is 260 g/mol. The summed E-state index contributed by atoms with van der Waals surface area (Å²) in [7, 11) is 0. The number of hydrogen-bond acceptors (Lipinski definition) is 2. The summed E-state index contributed by atoms with van der Waals surface area (Å²) < 4.78 is 0. The van der Waals surface area contributed by atoms with Crippen LogP contribution in [0.15, 0.2) is 24.3 Å². The van der Waals surface area contributed by atoms with E-state index < -0.39 is 0 Å². The van der Waals surface area contributed by atoms with Crippen molar-refractivity contribution < 1.29 is 0 Å². The molecule has 1 aliphatic heterocycles. The Balaban J connectivity index is 1.87. The highest BCUT2D eigenvalue weighted by Gasteiger charge is 2.22. The Morgan fingerprint density at radius 1 is 1.21 bits per heavy atom. The minimum absolute atomic E-state index is 0.175. The molecule has 0 saturated carbocycles. The number of nitrogens with two attached hydrogens (primary N) is 1. The summed E-state index contributed by atoms with van der Waals surface area (Å²) in [4.78, 5) is 2.59. The van der Waals surface area contributed by atoms with Crippen LogP contribution < -0.4 is 5.73 Å². The van der Waals surface area contributed by atoms with Gasteiger partial charge in [-0.3, -0.25) is 0 Å². The minimum atomic E-state index is 0.175. The maximum atomic E-state index is 6.36. The Kier molecular flexibility index (Phi) is 5.00. The molecule has 1 aromatic carbocycles. The Bertz CT molecular complexity index is 392. The zero-order valence-electron chi connectivity index (χ0n) is 12.6. The highest BCUT2D eigenvalue weighted by atomic mass is 15.1. The van der Waals surface area contributed by atoms with Gasteiger partial charge >= 0.3 is 0 Å². The zero-order chi connectivity index (χ0) is 13.8. The summed E-state index contributed by atoms with van der Waals surface area (Å²) >= 11 is 0. The molecule has 0 spiro atoms. The minimum Gasteiger partial charge on any atom is -0.324 e. The van der Waals surface area contributed by atoms with Gasteiger partial charge in [-0.15, -0.1) is 0 Å². The fourth-order valence-electron chi connectivity index (χ4n) is 3.45. The van der Waals surface area contributed by atoms with Crippen LogP contribution in [0.4, 0.5) is 0 Å². The maximum Gasteiger partial charge on any atom is 0.0309 e. The molecule has 2 N–H and O–H groups in total. The van der Waals surface area contributed by atoms with E-state index in [1.807, 2.05) is 0 Å². The molecular formula is C17H28N2. The first-order valence-electron chi connectivity index (χ1n) is 7.59. The fourth-order valence-corrected chi connectivity index (χ4v) is 3.45. The molecule has 2 nitrogen and oxygen atoms in total. The molecule has 0 bridgehead atoms. The molecular weight excluding hydrogens is 232 g/mol. The van der Waals surface area contributed by atoms with E-state index in [4.69, 9.17) is 5.73 Å². The fraction of sp³-hybridized carbons (Fsp3) is 0.647. The third-order valence-electron chi connectivity index (χ3n) is 4.29. The lowest BCUT2D eigenvalue weighted by atomic mass is 9.91. The average molecular weight is 260 g/mol. The van der Waals surface area contributed by atoms with Gasteiger partial charge in [0.2, 0.25) is 0 Å². The maximum absolute atomic E-state index is 6.36. The molecule has 106 valence electrons. The third-order valence-corrected chi connectivity index (χ3v) is 4.29. The van der Waals surface area contributed by atoms with Gasteiger partial charge in [-0.05, 0) is 49.3 Å². The van der Waals surface area contributed by atoms with Gasteiger partial charge in [0.15, 0.2) is 0 Å². The van der Waals surface area contributed by atoms with Gasteiger partial charge in [0.1, 0.15) is 0 Å². The highest BCUT2D eigenvalue weighted by molar-refractivity contribution is 5.28. The number of hydrogen-bond donors (Lipinski definition) is 1. The second-order valence-electron chi connectivity index (χ2n) is 6.46. The Labute approximate surface area is 118 Å². The molecule has 1 aliphatic rings. The van der Waals surface area contributed by atoms with Crippen LogP contribution in [0.25, 0.3) is 0 Å². The Hall–Kier alpha value is -0.860. The molecule has 1 aromatic rings. The first-order chi connectivity index (χ1) is 9.06. The van der Waals surface area contributed by atoms with Gasteiger partial charge in [-0.2, -0.15) is 0 Å². The van der Waals surface area contributed by atoms with Gasteiger partial charge in [0.25, 0.3) is 0 Å². The van der Waals surface area contributed by atoms with Crippen molar-refractivity contribution in [3.05, 3.63) is 35.4 Å². The SMILES string of the molecule is Cc1ccccc1C(N)CCN1CC(C)CC(C)C1. The van der Waals surface area contributed by atoms with Crippen molar-refractivity contribution in [2.75, 3.05) is 19.6 Å². The highest BCUT2D eigenvalue weighted by Crippen LogP contribution is 2.23. The number of benzene rings is 1. The van der Waals surface area contributed by atoms with Crippen molar-refractivity contribution >= 4 is 0 Å². The van der Waals surface area contributed by atoms with Crippen LogP contribution in [-0.2, 0) is 0 Å². The second kappa shape index (κ2) is 6.53. The van der Waals surface area contributed by atoms with E-state index >= 15 is 0 Å². The van der Waals surface area contributed by atoms with Crippen LogP contribution in [0.1, 0.15) is 43.9 Å². The van der Waals surface area contributed by atoms with Crippen molar-refractivity contribution in [2.45, 2.75) is 39.7 Å². The lowest BCUT2D eigenvalue weighted by Crippen LogP contribution is -2.39. The topological polar surface area (TPSA) is 29.3 Å². The van der Waals surface area contributed by atoms with Crippen LogP contribution in [0, 0.1) is 18.8 Å². The van der Waals surface area contributed by atoms with Crippen molar-refractivity contribution in [1.29, 1.82) is 0 Å². The summed E-state index contributed by atoms with van der Waals surface area (Å²) in [6, 6.07) is 8.67. The van der Waals surface area contributed by atoms with Crippen LogP contribution in [0.2, 0.25) is 0 Å². The van der Waals surface area contributed by atoms with Crippen LogP contribution in [-0.4, -0.2) is 24.5 Å².